The van der Waals surface area contributed by atoms with Gasteiger partial charge in [0, 0.05) is 19.5 Å². The van der Waals surface area contributed by atoms with Crippen LogP contribution in [0.15, 0.2) is 16.5 Å². The molecule has 0 radical (unpaired) electrons. The summed E-state index contributed by atoms with van der Waals surface area (Å²) in [4.78, 5) is 1.82. The second kappa shape index (κ2) is 4.60. The number of hydrogen-bond donors (Lipinski definition) is 0. The number of halogens is 2. The fourth-order valence-corrected chi connectivity index (χ4v) is 2.46. The molecule has 100 valence electrons. The van der Waals surface area contributed by atoms with Crippen LogP contribution in [0.4, 0.5) is 14.5 Å². The van der Waals surface area contributed by atoms with Gasteiger partial charge in [0.15, 0.2) is 0 Å². The Labute approximate surface area is 109 Å². The molecule has 0 saturated heterocycles. The van der Waals surface area contributed by atoms with E-state index in [1.165, 1.54) is 6.07 Å². The molecule has 0 saturated carbocycles. The Hall–Kier alpha value is -1.98. The van der Waals surface area contributed by atoms with E-state index in [9.17, 15) is 8.78 Å². The van der Waals surface area contributed by atoms with Crippen LogP contribution in [0.3, 0.4) is 0 Å². The zero-order chi connectivity index (χ0) is 13.4. The highest BCUT2D eigenvalue weighted by Gasteiger charge is 2.23. The van der Waals surface area contributed by atoms with Gasteiger partial charge in [-0.05, 0) is 24.5 Å². The third-order valence-electron chi connectivity index (χ3n) is 3.19. The summed E-state index contributed by atoms with van der Waals surface area (Å²) in [5.74, 6) is -0.154. The predicted octanol–water partition coefficient (Wildman–Crippen LogP) is 2.61. The Morgan fingerprint density at radius 3 is 2.89 bits per heavy atom. The van der Waals surface area contributed by atoms with Crippen LogP contribution in [0.1, 0.15) is 23.8 Å². The van der Waals surface area contributed by atoms with Gasteiger partial charge in [-0.3, -0.25) is 0 Å². The first-order chi connectivity index (χ1) is 9.13. The number of anilines is 1. The van der Waals surface area contributed by atoms with Crippen LogP contribution >= 0.6 is 0 Å². The lowest BCUT2D eigenvalue weighted by atomic mass is 10.0. The zero-order valence-corrected chi connectivity index (χ0v) is 10.5. The molecule has 2 heterocycles. The quantitative estimate of drug-likeness (QED) is 0.837. The smallest absolute Gasteiger partial charge is 0.235 e. The summed E-state index contributed by atoms with van der Waals surface area (Å²) in [6.07, 6.45) is 1.53. The van der Waals surface area contributed by atoms with Crippen LogP contribution in [0.5, 0.6) is 0 Å². The van der Waals surface area contributed by atoms with Gasteiger partial charge in [-0.25, -0.2) is 8.78 Å². The van der Waals surface area contributed by atoms with E-state index in [1.54, 1.807) is 6.92 Å². The van der Waals surface area contributed by atoms with E-state index in [0.29, 0.717) is 42.5 Å². The van der Waals surface area contributed by atoms with Crippen LogP contribution in [0, 0.1) is 18.6 Å². The van der Waals surface area contributed by atoms with Gasteiger partial charge in [-0.1, -0.05) is 0 Å². The van der Waals surface area contributed by atoms with E-state index in [0.717, 1.165) is 12.5 Å². The van der Waals surface area contributed by atoms with Crippen molar-refractivity contribution in [2.45, 2.75) is 26.3 Å². The Kier molecular flexibility index (Phi) is 2.93. The summed E-state index contributed by atoms with van der Waals surface area (Å²) in [7, 11) is 0. The van der Waals surface area contributed by atoms with Crippen LogP contribution in [0.2, 0.25) is 0 Å². The fraction of sp³-hybridized carbons (Fsp3) is 0.385. The monoisotopic (exact) mass is 265 g/mol. The van der Waals surface area contributed by atoms with Crippen molar-refractivity contribution in [3.63, 3.8) is 0 Å². The van der Waals surface area contributed by atoms with Crippen molar-refractivity contribution >= 4 is 5.69 Å². The molecule has 0 fully saturated rings. The number of hydrogen-bond acceptors (Lipinski definition) is 4. The lowest BCUT2D eigenvalue weighted by Crippen LogP contribution is -2.30. The topological polar surface area (TPSA) is 42.2 Å². The van der Waals surface area contributed by atoms with Crippen LogP contribution in [0.25, 0.3) is 0 Å². The molecule has 0 unspecified atom stereocenters. The highest BCUT2D eigenvalue weighted by molar-refractivity contribution is 5.56. The molecule has 0 bridgehead atoms. The number of fused-ring (bicyclic) bond motifs is 1. The van der Waals surface area contributed by atoms with E-state index < -0.39 is 11.6 Å². The van der Waals surface area contributed by atoms with Gasteiger partial charge >= 0.3 is 0 Å². The molecule has 0 N–H and O–H groups in total. The standard InChI is InChI=1S/C13H13F2N3O/c1-8-16-17-12(19-8)7-18-4-2-3-9-5-10(14)6-11(15)13(9)18/h5-6H,2-4,7H2,1H3. The molecule has 1 aliphatic rings. The molecule has 0 aliphatic carbocycles. The fourth-order valence-electron chi connectivity index (χ4n) is 2.46. The van der Waals surface area contributed by atoms with Crippen molar-refractivity contribution in [2.75, 3.05) is 11.4 Å². The number of aryl methyl sites for hydroxylation is 2. The van der Waals surface area contributed by atoms with Crippen molar-refractivity contribution in [1.82, 2.24) is 10.2 Å². The lowest BCUT2D eigenvalue weighted by molar-refractivity contribution is 0.456. The molecule has 19 heavy (non-hydrogen) atoms. The van der Waals surface area contributed by atoms with E-state index in [4.69, 9.17) is 4.42 Å². The molecule has 1 aromatic heterocycles. The number of nitrogens with zero attached hydrogens (tertiary/aromatic N) is 3. The average Bonchev–Trinajstić information content (AvgIpc) is 2.74. The van der Waals surface area contributed by atoms with Gasteiger partial charge < -0.3 is 9.32 Å². The van der Waals surface area contributed by atoms with Gasteiger partial charge in [0.25, 0.3) is 0 Å². The largest absolute Gasteiger partial charge is 0.424 e. The lowest BCUT2D eigenvalue weighted by Gasteiger charge is -2.30. The highest BCUT2D eigenvalue weighted by Crippen LogP contribution is 2.31. The van der Waals surface area contributed by atoms with Crippen molar-refractivity contribution in [3.05, 3.63) is 41.1 Å². The van der Waals surface area contributed by atoms with Crippen molar-refractivity contribution in [1.29, 1.82) is 0 Å². The molecule has 3 rings (SSSR count). The maximum Gasteiger partial charge on any atom is 0.235 e. The minimum atomic E-state index is -0.536. The van der Waals surface area contributed by atoms with Crippen molar-refractivity contribution in [3.8, 4) is 0 Å². The first-order valence-corrected chi connectivity index (χ1v) is 6.15. The number of benzene rings is 1. The van der Waals surface area contributed by atoms with E-state index in [-0.39, 0.29) is 0 Å². The van der Waals surface area contributed by atoms with Gasteiger partial charge in [-0.2, -0.15) is 0 Å². The second-order valence-electron chi connectivity index (χ2n) is 4.64. The van der Waals surface area contributed by atoms with Gasteiger partial charge in [0.2, 0.25) is 11.8 Å². The normalized spacial score (nSPS) is 14.6. The maximum absolute atomic E-state index is 13.9. The summed E-state index contributed by atoms with van der Waals surface area (Å²) < 4.78 is 32.5. The highest BCUT2D eigenvalue weighted by atomic mass is 19.1. The minimum Gasteiger partial charge on any atom is -0.424 e. The Morgan fingerprint density at radius 2 is 2.16 bits per heavy atom. The molecule has 6 heteroatoms. The Bertz CT molecular complexity index is 612. The van der Waals surface area contributed by atoms with Gasteiger partial charge in [0.1, 0.15) is 11.6 Å². The SMILES string of the molecule is Cc1nnc(CN2CCCc3cc(F)cc(F)c32)o1. The minimum absolute atomic E-state index is 0.344. The van der Waals surface area contributed by atoms with E-state index in [2.05, 4.69) is 10.2 Å². The molecular weight excluding hydrogens is 252 g/mol. The van der Waals surface area contributed by atoms with E-state index >= 15 is 0 Å². The first kappa shape index (κ1) is 12.1. The average molecular weight is 265 g/mol. The summed E-state index contributed by atoms with van der Waals surface area (Å²) >= 11 is 0. The zero-order valence-electron chi connectivity index (χ0n) is 10.5. The first-order valence-electron chi connectivity index (χ1n) is 6.15. The summed E-state index contributed by atoms with van der Waals surface area (Å²) in [5, 5.41) is 7.65. The second-order valence-corrected chi connectivity index (χ2v) is 4.64. The molecule has 0 amide bonds. The number of rotatable bonds is 2. The molecule has 0 atom stereocenters. The van der Waals surface area contributed by atoms with Crippen LogP contribution in [-0.4, -0.2) is 16.7 Å². The summed E-state index contributed by atoms with van der Waals surface area (Å²) in [5.41, 5.74) is 1.14. The molecule has 0 spiro atoms. The van der Waals surface area contributed by atoms with E-state index in [1.807, 2.05) is 4.90 Å². The van der Waals surface area contributed by atoms with Crippen molar-refractivity contribution < 1.29 is 13.2 Å². The third kappa shape index (κ3) is 2.30. The molecule has 2 aromatic rings. The molecule has 1 aromatic carbocycles. The van der Waals surface area contributed by atoms with Crippen LogP contribution < -0.4 is 4.90 Å². The predicted molar refractivity (Wildman–Crippen MR) is 64.8 cm³/mol. The van der Waals surface area contributed by atoms with Crippen molar-refractivity contribution in [2.24, 2.45) is 0 Å². The molecule has 1 aliphatic heterocycles. The molecule has 4 nitrogen and oxygen atoms in total. The Balaban J connectivity index is 1.94. The Morgan fingerprint density at radius 1 is 1.32 bits per heavy atom. The third-order valence-corrected chi connectivity index (χ3v) is 3.19. The molecular formula is C13H13F2N3O. The van der Waals surface area contributed by atoms with Crippen LogP contribution in [-0.2, 0) is 13.0 Å². The summed E-state index contributed by atoms with van der Waals surface area (Å²) in [6.45, 7) is 2.74. The van der Waals surface area contributed by atoms with Gasteiger partial charge in [-0.15, -0.1) is 10.2 Å². The number of aromatic nitrogens is 2. The summed E-state index contributed by atoms with van der Waals surface area (Å²) in [6, 6.07) is 2.31. The van der Waals surface area contributed by atoms with Gasteiger partial charge in [0.05, 0.1) is 12.2 Å². The maximum atomic E-state index is 13.9.